The molecule has 2 aromatic rings. The molecule has 1 aliphatic rings. The summed E-state index contributed by atoms with van der Waals surface area (Å²) in [6, 6.07) is 20.0. The Hall–Kier alpha value is -2.09. The lowest BCUT2D eigenvalue weighted by atomic mass is 10.1. The molecular weight excluding hydrogens is 256 g/mol. The summed E-state index contributed by atoms with van der Waals surface area (Å²) >= 11 is 0. The molecule has 2 atom stereocenters. The first kappa shape index (κ1) is 13.9. The number of amidine groups is 1. The monoisotopic (exact) mass is 278 g/mol. The molecule has 0 saturated carbocycles. The van der Waals surface area contributed by atoms with Gasteiger partial charge in [0.25, 0.3) is 0 Å². The van der Waals surface area contributed by atoms with Gasteiger partial charge >= 0.3 is 0 Å². The van der Waals surface area contributed by atoms with Crippen molar-refractivity contribution < 1.29 is 0 Å². The van der Waals surface area contributed by atoms with Crippen LogP contribution in [0.4, 0.5) is 5.69 Å². The van der Waals surface area contributed by atoms with Gasteiger partial charge in [0.1, 0.15) is 5.84 Å². The summed E-state index contributed by atoms with van der Waals surface area (Å²) in [5, 5.41) is 0. The van der Waals surface area contributed by atoms with Crippen LogP contribution in [0.3, 0.4) is 0 Å². The quantitative estimate of drug-likeness (QED) is 0.817. The molecule has 0 aliphatic carbocycles. The molecule has 108 valence electrons. The first-order chi connectivity index (χ1) is 10.2. The van der Waals surface area contributed by atoms with Crippen molar-refractivity contribution in [1.82, 2.24) is 0 Å². The van der Waals surface area contributed by atoms with E-state index in [2.05, 4.69) is 80.3 Å². The van der Waals surface area contributed by atoms with Crippen molar-refractivity contribution in [3.05, 3.63) is 65.7 Å². The average Bonchev–Trinajstić information content (AvgIpc) is 2.84. The number of benzene rings is 2. The predicted molar refractivity (Wildman–Crippen MR) is 90.2 cm³/mol. The molecule has 0 aromatic heterocycles. The van der Waals surface area contributed by atoms with Crippen LogP contribution < -0.4 is 4.90 Å². The van der Waals surface area contributed by atoms with Crippen molar-refractivity contribution in [3.8, 4) is 0 Å². The standard InChI is InChI=1S/C19H22N2/c1-4-16-10-12-17(13-11-16)19-20-14(2)15(3)21(19)18-8-6-5-7-9-18/h5-15H,4H2,1-3H3. The lowest BCUT2D eigenvalue weighted by molar-refractivity contribution is 0.640. The largest absolute Gasteiger partial charge is 0.321 e. The van der Waals surface area contributed by atoms with Gasteiger partial charge in [0.15, 0.2) is 0 Å². The minimum absolute atomic E-state index is 0.311. The molecular formula is C19H22N2. The second kappa shape index (κ2) is 5.72. The SMILES string of the molecule is CCc1ccc(C2=NC(C)C(C)N2c2ccccc2)cc1. The molecule has 0 bridgehead atoms. The number of para-hydroxylation sites is 1. The molecule has 2 unspecified atom stereocenters. The van der Waals surface area contributed by atoms with Gasteiger partial charge in [-0.15, -0.1) is 0 Å². The van der Waals surface area contributed by atoms with E-state index in [1.807, 2.05) is 0 Å². The normalized spacial score (nSPS) is 21.5. The van der Waals surface area contributed by atoms with Crippen molar-refractivity contribution >= 4 is 11.5 Å². The summed E-state index contributed by atoms with van der Waals surface area (Å²) in [7, 11) is 0. The third-order valence-electron chi connectivity index (χ3n) is 4.31. The smallest absolute Gasteiger partial charge is 0.136 e. The lowest BCUT2D eigenvalue weighted by Crippen LogP contribution is -2.37. The van der Waals surface area contributed by atoms with E-state index in [1.165, 1.54) is 16.8 Å². The zero-order valence-corrected chi connectivity index (χ0v) is 13.0. The highest BCUT2D eigenvalue weighted by atomic mass is 15.3. The first-order valence-electron chi connectivity index (χ1n) is 7.72. The molecule has 3 rings (SSSR count). The molecule has 2 heteroatoms. The van der Waals surface area contributed by atoms with Crippen LogP contribution in [0, 0.1) is 0 Å². The Bertz CT molecular complexity index is 628. The number of nitrogens with zero attached hydrogens (tertiary/aromatic N) is 2. The van der Waals surface area contributed by atoms with Crippen LogP contribution in [-0.2, 0) is 6.42 Å². The summed E-state index contributed by atoms with van der Waals surface area (Å²) < 4.78 is 0. The van der Waals surface area contributed by atoms with Gasteiger partial charge in [-0.1, -0.05) is 49.4 Å². The van der Waals surface area contributed by atoms with E-state index < -0.39 is 0 Å². The van der Waals surface area contributed by atoms with Crippen LogP contribution in [0.1, 0.15) is 31.9 Å². The van der Waals surface area contributed by atoms with E-state index in [0.717, 1.165) is 12.3 Å². The van der Waals surface area contributed by atoms with Crippen LogP contribution in [0.2, 0.25) is 0 Å². The summed E-state index contributed by atoms with van der Waals surface area (Å²) in [5.74, 6) is 1.09. The van der Waals surface area contributed by atoms with Crippen molar-refractivity contribution in [2.24, 2.45) is 4.99 Å². The topological polar surface area (TPSA) is 15.6 Å². The van der Waals surface area contributed by atoms with Gasteiger partial charge < -0.3 is 4.90 Å². The fraction of sp³-hybridized carbons (Fsp3) is 0.316. The van der Waals surface area contributed by atoms with E-state index in [4.69, 9.17) is 4.99 Å². The molecule has 0 amide bonds. The Labute approximate surface area is 127 Å². The Morgan fingerprint density at radius 3 is 2.24 bits per heavy atom. The third kappa shape index (κ3) is 2.58. The van der Waals surface area contributed by atoms with Crippen LogP contribution in [0.25, 0.3) is 0 Å². The van der Waals surface area contributed by atoms with Crippen molar-refractivity contribution in [2.75, 3.05) is 4.90 Å². The lowest BCUT2D eigenvalue weighted by Gasteiger charge is -2.27. The van der Waals surface area contributed by atoms with Gasteiger partial charge in [0.2, 0.25) is 0 Å². The molecule has 21 heavy (non-hydrogen) atoms. The summed E-state index contributed by atoms with van der Waals surface area (Å²) in [6.45, 7) is 6.62. The Balaban J connectivity index is 2.00. The molecule has 0 saturated heterocycles. The second-order valence-electron chi connectivity index (χ2n) is 5.69. The highest BCUT2D eigenvalue weighted by molar-refractivity contribution is 6.11. The number of aliphatic imine (C=N–C) groups is 1. The van der Waals surface area contributed by atoms with Crippen LogP contribution in [0.15, 0.2) is 59.6 Å². The van der Waals surface area contributed by atoms with Crippen LogP contribution >= 0.6 is 0 Å². The maximum absolute atomic E-state index is 4.90. The van der Waals surface area contributed by atoms with Gasteiger partial charge in [-0.05, 0) is 38.0 Å². The van der Waals surface area contributed by atoms with Crippen molar-refractivity contribution in [2.45, 2.75) is 39.3 Å². The Kier molecular flexibility index (Phi) is 3.78. The molecule has 2 nitrogen and oxygen atoms in total. The first-order valence-corrected chi connectivity index (χ1v) is 7.72. The third-order valence-corrected chi connectivity index (χ3v) is 4.31. The number of hydrogen-bond acceptors (Lipinski definition) is 2. The fourth-order valence-electron chi connectivity index (χ4n) is 2.82. The molecule has 0 radical (unpaired) electrons. The van der Waals surface area contributed by atoms with Gasteiger partial charge in [0.05, 0.1) is 12.1 Å². The highest BCUT2D eigenvalue weighted by Gasteiger charge is 2.31. The average molecular weight is 278 g/mol. The summed E-state index contributed by atoms with van der Waals surface area (Å²) in [6.07, 6.45) is 1.07. The molecule has 0 fully saturated rings. The fourth-order valence-corrected chi connectivity index (χ4v) is 2.82. The maximum atomic E-state index is 4.90. The Morgan fingerprint density at radius 2 is 1.62 bits per heavy atom. The van der Waals surface area contributed by atoms with Gasteiger partial charge in [-0.25, -0.2) is 0 Å². The molecule has 2 aromatic carbocycles. The maximum Gasteiger partial charge on any atom is 0.136 e. The predicted octanol–water partition coefficient (Wildman–Crippen LogP) is 4.29. The summed E-state index contributed by atoms with van der Waals surface area (Å²) in [5.41, 5.74) is 3.78. The van der Waals surface area contributed by atoms with E-state index in [9.17, 15) is 0 Å². The highest BCUT2D eigenvalue weighted by Crippen LogP contribution is 2.28. The van der Waals surface area contributed by atoms with Crippen LogP contribution in [-0.4, -0.2) is 17.9 Å². The van der Waals surface area contributed by atoms with E-state index in [0.29, 0.717) is 12.1 Å². The number of aryl methyl sites for hydroxylation is 1. The van der Waals surface area contributed by atoms with Crippen molar-refractivity contribution in [3.63, 3.8) is 0 Å². The van der Waals surface area contributed by atoms with Crippen molar-refractivity contribution in [1.29, 1.82) is 0 Å². The van der Waals surface area contributed by atoms with E-state index in [-0.39, 0.29) is 0 Å². The summed E-state index contributed by atoms with van der Waals surface area (Å²) in [4.78, 5) is 7.25. The van der Waals surface area contributed by atoms with E-state index in [1.54, 1.807) is 0 Å². The number of anilines is 1. The van der Waals surface area contributed by atoms with E-state index >= 15 is 0 Å². The second-order valence-corrected chi connectivity index (χ2v) is 5.69. The molecule has 1 heterocycles. The minimum Gasteiger partial charge on any atom is -0.321 e. The van der Waals surface area contributed by atoms with Gasteiger partial charge in [-0.3, -0.25) is 4.99 Å². The van der Waals surface area contributed by atoms with Gasteiger partial charge in [0, 0.05) is 11.3 Å². The zero-order chi connectivity index (χ0) is 14.8. The van der Waals surface area contributed by atoms with Crippen LogP contribution in [0.5, 0.6) is 0 Å². The molecule has 0 N–H and O–H groups in total. The minimum atomic E-state index is 0.311. The van der Waals surface area contributed by atoms with Gasteiger partial charge in [-0.2, -0.15) is 0 Å². The Morgan fingerprint density at radius 1 is 0.952 bits per heavy atom. The number of hydrogen-bond donors (Lipinski definition) is 0. The number of rotatable bonds is 3. The molecule has 0 spiro atoms. The molecule has 1 aliphatic heterocycles. The zero-order valence-electron chi connectivity index (χ0n) is 13.0.